The van der Waals surface area contributed by atoms with E-state index in [9.17, 15) is 4.79 Å². The number of hydrogen-bond donors (Lipinski definition) is 1. The highest BCUT2D eigenvalue weighted by atomic mass is 16.5. The molecule has 144 valence electrons. The molecule has 1 aliphatic rings. The van der Waals surface area contributed by atoms with Gasteiger partial charge in [-0.15, -0.1) is 0 Å². The predicted octanol–water partition coefficient (Wildman–Crippen LogP) is 1.90. The van der Waals surface area contributed by atoms with Crippen LogP contribution in [0.1, 0.15) is 12.0 Å². The van der Waals surface area contributed by atoms with Crippen LogP contribution in [0.5, 0.6) is 17.5 Å². The van der Waals surface area contributed by atoms with Crippen molar-refractivity contribution >= 4 is 6.03 Å². The molecule has 2 amide bonds. The van der Waals surface area contributed by atoms with E-state index in [1.54, 1.807) is 24.4 Å². The molecular weight excluding hydrogens is 348 g/mol. The molecule has 0 bridgehead atoms. The maximum Gasteiger partial charge on any atom is 0.317 e. The predicted molar refractivity (Wildman–Crippen MR) is 99.3 cm³/mol. The fourth-order valence-electron chi connectivity index (χ4n) is 2.92. The minimum absolute atomic E-state index is 0.0827. The number of ether oxygens (including phenoxy) is 3. The first-order valence-electron chi connectivity index (χ1n) is 8.87. The zero-order valence-corrected chi connectivity index (χ0v) is 15.6. The van der Waals surface area contributed by atoms with Crippen LogP contribution < -0.4 is 19.5 Å². The third-order valence-electron chi connectivity index (χ3n) is 4.39. The van der Waals surface area contributed by atoms with Crippen LogP contribution in [0.3, 0.4) is 0 Å². The van der Waals surface area contributed by atoms with E-state index in [1.807, 2.05) is 24.3 Å². The van der Waals surface area contributed by atoms with Gasteiger partial charge in [-0.2, -0.15) is 0 Å². The summed E-state index contributed by atoms with van der Waals surface area (Å²) in [5.41, 5.74) is 1.15. The number of likely N-dealkylation sites (tertiary alicyclic amines) is 1. The number of urea groups is 1. The topological polar surface area (TPSA) is 85.8 Å². The molecule has 0 unspecified atom stereocenters. The van der Waals surface area contributed by atoms with E-state index in [4.69, 9.17) is 14.2 Å². The van der Waals surface area contributed by atoms with E-state index in [0.717, 1.165) is 24.2 Å². The number of hydrogen-bond acceptors (Lipinski definition) is 6. The smallest absolute Gasteiger partial charge is 0.317 e. The molecule has 2 aromatic rings. The molecule has 1 N–H and O–H groups in total. The van der Waals surface area contributed by atoms with Crippen LogP contribution in [0.4, 0.5) is 4.79 Å². The maximum absolute atomic E-state index is 12.3. The summed E-state index contributed by atoms with van der Waals surface area (Å²) in [6.45, 7) is 1.72. The molecular formula is C19H24N4O4. The number of methoxy groups -OCH3 is 2. The Kier molecular flexibility index (Phi) is 6.30. The van der Waals surface area contributed by atoms with Gasteiger partial charge in [-0.25, -0.2) is 14.8 Å². The van der Waals surface area contributed by atoms with Gasteiger partial charge in [0.2, 0.25) is 0 Å². The molecule has 8 heteroatoms. The van der Waals surface area contributed by atoms with Crippen molar-refractivity contribution in [2.75, 3.05) is 33.9 Å². The van der Waals surface area contributed by atoms with Crippen LogP contribution in [0, 0.1) is 0 Å². The van der Waals surface area contributed by atoms with Crippen molar-refractivity contribution in [2.45, 2.75) is 18.9 Å². The molecule has 1 atom stereocenters. The van der Waals surface area contributed by atoms with E-state index < -0.39 is 0 Å². The molecule has 1 aromatic heterocycles. The van der Waals surface area contributed by atoms with Crippen molar-refractivity contribution in [3.63, 3.8) is 0 Å². The molecule has 8 nitrogen and oxygen atoms in total. The summed E-state index contributed by atoms with van der Waals surface area (Å²) in [7, 11) is 3.16. The Morgan fingerprint density at radius 2 is 1.89 bits per heavy atom. The second-order valence-corrected chi connectivity index (χ2v) is 6.18. The van der Waals surface area contributed by atoms with E-state index in [2.05, 4.69) is 15.3 Å². The lowest BCUT2D eigenvalue weighted by molar-refractivity contribution is 0.177. The minimum Gasteiger partial charge on any atom is -0.497 e. The molecule has 1 aromatic carbocycles. The zero-order chi connectivity index (χ0) is 19.1. The van der Waals surface area contributed by atoms with Crippen LogP contribution >= 0.6 is 0 Å². The molecule has 0 radical (unpaired) electrons. The normalized spacial score (nSPS) is 16.1. The lowest BCUT2D eigenvalue weighted by Gasteiger charge is -2.18. The highest BCUT2D eigenvalue weighted by molar-refractivity contribution is 5.74. The molecule has 0 aliphatic carbocycles. The van der Waals surface area contributed by atoms with E-state index in [-0.39, 0.29) is 12.1 Å². The standard InChI is InChI=1S/C19H24N4O4/c1-25-15-5-3-14(4-6-15)7-9-22-19(24)23-12-8-16(13-23)27-18-17(26-2)20-10-11-21-18/h3-6,10-11,16H,7-9,12-13H2,1-2H3,(H,22,24)/t16-/m1/s1. The van der Waals surface area contributed by atoms with Gasteiger partial charge in [0.1, 0.15) is 11.9 Å². The molecule has 27 heavy (non-hydrogen) atoms. The molecule has 0 spiro atoms. The number of nitrogens with zero attached hydrogens (tertiary/aromatic N) is 3. The second kappa shape index (κ2) is 9.07. The number of nitrogens with one attached hydrogen (secondary N) is 1. The van der Waals surface area contributed by atoms with Crippen LogP contribution in [-0.2, 0) is 6.42 Å². The van der Waals surface area contributed by atoms with Gasteiger partial charge in [0.05, 0.1) is 20.8 Å². The van der Waals surface area contributed by atoms with Gasteiger partial charge in [0.15, 0.2) is 0 Å². The Balaban J connectivity index is 1.43. The van der Waals surface area contributed by atoms with Crippen LogP contribution in [0.25, 0.3) is 0 Å². The Hall–Kier alpha value is -3.03. The number of benzene rings is 1. The quantitative estimate of drug-likeness (QED) is 0.799. The van der Waals surface area contributed by atoms with Gasteiger partial charge in [-0.1, -0.05) is 12.1 Å². The third-order valence-corrected chi connectivity index (χ3v) is 4.39. The van der Waals surface area contributed by atoms with Crippen molar-refractivity contribution in [1.29, 1.82) is 0 Å². The number of aromatic nitrogens is 2. The van der Waals surface area contributed by atoms with Crippen molar-refractivity contribution in [1.82, 2.24) is 20.2 Å². The minimum atomic E-state index is -0.122. The number of rotatable bonds is 7. The summed E-state index contributed by atoms with van der Waals surface area (Å²) in [6.07, 6.45) is 4.48. The summed E-state index contributed by atoms with van der Waals surface area (Å²) < 4.78 is 16.1. The second-order valence-electron chi connectivity index (χ2n) is 6.18. The summed E-state index contributed by atoms with van der Waals surface area (Å²) >= 11 is 0. The molecule has 2 heterocycles. The van der Waals surface area contributed by atoms with Gasteiger partial charge in [-0.3, -0.25) is 0 Å². The highest BCUT2D eigenvalue weighted by Gasteiger charge is 2.28. The summed E-state index contributed by atoms with van der Waals surface area (Å²) in [6, 6.07) is 7.75. The van der Waals surface area contributed by atoms with Gasteiger partial charge in [0.25, 0.3) is 11.8 Å². The van der Waals surface area contributed by atoms with Gasteiger partial charge >= 0.3 is 6.03 Å². The zero-order valence-electron chi connectivity index (χ0n) is 15.6. The lowest BCUT2D eigenvalue weighted by atomic mass is 10.1. The highest BCUT2D eigenvalue weighted by Crippen LogP contribution is 2.23. The van der Waals surface area contributed by atoms with Crippen LogP contribution in [0.2, 0.25) is 0 Å². The Bertz CT molecular complexity index is 754. The first-order valence-corrected chi connectivity index (χ1v) is 8.87. The molecule has 1 saturated heterocycles. The largest absolute Gasteiger partial charge is 0.497 e. The van der Waals surface area contributed by atoms with Crippen LogP contribution in [-0.4, -0.2) is 60.9 Å². The maximum atomic E-state index is 12.3. The van der Waals surface area contributed by atoms with Crippen LogP contribution in [0.15, 0.2) is 36.7 Å². The summed E-state index contributed by atoms with van der Waals surface area (Å²) in [5, 5.41) is 2.96. The van der Waals surface area contributed by atoms with Crippen molar-refractivity contribution in [3.8, 4) is 17.5 Å². The fourth-order valence-corrected chi connectivity index (χ4v) is 2.92. The van der Waals surface area contributed by atoms with Gasteiger partial charge in [-0.05, 0) is 24.1 Å². The average molecular weight is 372 g/mol. The van der Waals surface area contributed by atoms with Crippen molar-refractivity contribution in [3.05, 3.63) is 42.2 Å². The Morgan fingerprint density at radius 3 is 2.59 bits per heavy atom. The molecule has 1 fully saturated rings. The van der Waals surface area contributed by atoms with E-state index >= 15 is 0 Å². The fraction of sp³-hybridized carbons (Fsp3) is 0.421. The monoisotopic (exact) mass is 372 g/mol. The molecule has 1 aliphatic heterocycles. The lowest BCUT2D eigenvalue weighted by Crippen LogP contribution is -2.40. The van der Waals surface area contributed by atoms with Gasteiger partial charge < -0.3 is 24.4 Å². The summed E-state index contributed by atoms with van der Waals surface area (Å²) in [5.74, 6) is 1.53. The Labute approximate surface area is 158 Å². The number of carbonyl (C=O) groups excluding carboxylic acids is 1. The molecule has 3 rings (SSSR count). The van der Waals surface area contributed by atoms with Crippen molar-refractivity contribution < 1.29 is 19.0 Å². The van der Waals surface area contributed by atoms with E-state index in [0.29, 0.717) is 31.4 Å². The summed E-state index contributed by atoms with van der Waals surface area (Å²) in [4.78, 5) is 22.3. The van der Waals surface area contributed by atoms with Crippen molar-refractivity contribution in [2.24, 2.45) is 0 Å². The number of carbonyl (C=O) groups is 1. The molecule has 0 saturated carbocycles. The average Bonchev–Trinajstić information content (AvgIpc) is 3.17. The SMILES string of the molecule is COc1ccc(CCNC(=O)N2CC[C@@H](Oc3nccnc3OC)C2)cc1. The van der Waals surface area contributed by atoms with Gasteiger partial charge in [0, 0.05) is 31.9 Å². The number of amides is 2. The third kappa shape index (κ3) is 4.99. The first-order chi connectivity index (χ1) is 13.2. The Morgan fingerprint density at radius 1 is 1.15 bits per heavy atom. The van der Waals surface area contributed by atoms with E-state index in [1.165, 1.54) is 7.11 Å². The first kappa shape index (κ1) is 18.8.